The number of piperazine rings is 1. The van der Waals surface area contributed by atoms with Crippen LogP contribution in [-0.2, 0) is 6.54 Å². The lowest BCUT2D eigenvalue weighted by Crippen LogP contribution is -2.59. The molecule has 3 nitrogen and oxygen atoms in total. The van der Waals surface area contributed by atoms with Crippen LogP contribution in [0.4, 0.5) is 0 Å². The standard InChI is InChI=1S/C14H25N3S/c1-10-7-17(8-12-9-18-11(2)16-12)13(6-15-10)14(3,4)5/h9-10,13,15H,6-8H2,1-5H3. The summed E-state index contributed by atoms with van der Waals surface area (Å²) in [5.41, 5.74) is 1.53. The largest absolute Gasteiger partial charge is 0.311 e. The van der Waals surface area contributed by atoms with Gasteiger partial charge in [0.1, 0.15) is 0 Å². The lowest BCUT2D eigenvalue weighted by Gasteiger charge is -2.45. The van der Waals surface area contributed by atoms with E-state index in [1.165, 1.54) is 10.7 Å². The Balaban J connectivity index is 2.10. The van der Waals surface area contributed by atoms with E-state index in [1.807, 2.05) is 0 Å². The molecule has 2 heterocycles. The summed E-state index contributed by atoms with van der Waals surface area (Å²) in [5.74, 6) is 0. The van der Waals surface area contributed by atoms with Gasteiger partial charge >= 0.3 is 0 Å². The quantitative estimate of drug-likeness (QED) is 0.893. The van der Waals surface area contributed by atoms with E-state index in [2.05, 4.69) is 55.2 Å². The van der Waals surface area contributed by atoms with Crippen LogP contribution in [0.15, 0.2) is 5.38 Å². The van der Waals surface area contributed by atoms with Crippen LogP contribution in [0.25, 0.3) is 0 Å². The molecule has 0 saturated carbocycles. The van der Waals surface area contributed by atoms with Crippen LogP contribution in [-0.4, -0.2) is 35.1 Å². The van der Waals surface area contributed by atoms with E-state index in [0.29, 0.717) is 17.5 Å². The number of nitrogens with zero attached hydrogens (tertiary/aromatic N) is 2. The number of thiazole rings is 1. The molecule has 18 heavy (non-hydrogen) atoms. The van der Waals surface area contributed by atoms with Crippen molar-refractivity contribution in [2.24, 2.45) is 5.41 Å². The van der Waals surface area contributed by atoms with E-state index < -0.39 is 0 Å². The van der Waals surface area contributed by atoms with Crippen molar-refractivity contribution >= 4 is 11.3 Å². The number of rotatable bonds is 2. The second kappa shape index (κ2) is 5.27. The minimum Gasteiger partial charge on any atom is -0.311 e. The molecule has 2 unspecified atom stereocenters. The maximum atomic E-state index is 4.60. The van der Waals surface area contributed by atoms with Crippen molar-refractivity contribution in [1.82, 2.24) is 15.2 Å². The molecule has 2 atom stereocenters. The molecule has 1 aliphatic rings. The molecule has 1 aromatic heterocycles. The number of aryl methyl sites for hydroxylation is 1. The number of aromatic nitrogens is 1. The average Bonchev–Trinajstić information content (AvgIpc) is 2.62. The van der Waals surface area contributed by atoms with Gasteiger partial charge < -0.3 is 5.32 Å². The van der Waals surface area contributed by atoms with Crippen molar-refractivity contribution in [3.05, 3.63) is 16.1 Å². The summed E-state index contributed by atoms with van der Waals surface area (Å²) in [4.78, 5) is 7.20. The van der Waals surface area contributed by atoms with Crippen molar-refractivity contribution in [3.8, 4) is 0 Å². The molecule has 0 amide bonds. The fourth-order valence-corrected chi connectivity index (χ4v) is 3.31. The molecule has 1 N–H and O–H groups in total. The third kappa shape index (κ3) is 3.31. The molecule has 1 aromatic rings. The second-order valence-corrected chi connectivity index (χ2v) is 7.54. The van der Waals surface area contributed by atoms with Crippen molar-refractivity contribution in [2.45, 2.75) is 53.2 Å². The highest BCUT2D eigenvalue weighted by Crippen LogP contribution is 2.27. The Hall–Kier alpha value is -0.450. The molecule has 1 fully saturated rings. The third-order valence-corrected chi connectivity index (χ3v) is 4.46. The highest BCUT2D eigenvalue weighted by Gasteiger charge is 2.34. The van der Waals surface area contributed by atoms with Crippen LogP contribution in [0.2, 0.25) is 0 Å². The Morgan fingerprint density at radius 1 is 1.50 bits per heavy atom. The van der Waals surface area contributed by atoms with E-state index in [-0.39, 0.29) is 0 Å². The summed E-state index contributed by atoms with van der Waals surface area (Å²) in [6.45, 7) is 14.5. The molecule has 0 radical (unpaired) electrons. The zero-order chi connectivity index (χ0) is 13.3. The SMILES string of the molecule is Cc1nc(CN2CC(C)NCC2C(C)(C)C)cs1. The molecule has 1 saturated heterocycles. The van der Waals surface area contributed by atoms with Crippen LogP contribution >= 0.6 is 11.3 Å². The fourth-order valence-electron chi connectivity index (χ4n) is 2.70. The maximum absolute atomic E-state index is 4.60. The Morgan fingerprint density at radius 3 is 2.78 bits per heavy atom. The summed E-state index contributed by atoms with van der Waals surface area (Å²) >= 11 is 1.75. The highest BCUT2D eigenvalue weighted by atomic mass is 32.1. The van der Waals surface area contributed by atoms with Gasteiger partial charge in [-0.3, -0.25) is 4.90 Å². The Kier molecular flexibility index (Phi) is 4.09. The molecule has 102 valence electrons. The van der Waals surface area contributed by atoms with E-state index in [1.54, 1.807) is 11.3 Å². The van der Waals surface area contributed by atoms with E-state index >= 15 is 0 Å². The minimum absolute atomic E-state index is 0.304. The summed E-state index contributed by atoms with van der Waals surface area (Å²) in [7, 11) is 0. The lowest BCUT2D eigenvalue weighted by atomic mass is 9.84. The lowest BCUT2D eigenvalue weighted by molar-refractivity contribution is 0.0517. The fraction of sp³-hybridized carbons (Fsp3) is 0.786. The van der Waals surface area contributed by atoms with Crippen LogP contribution in [0.3, 0.4) is 0 Å². The van der Waals surface area contributed by atoms with Crippen molar-refractivity contribution in [1.29, 1.82) is 0 Å². The summed E-state index contributed by atoms with van der Waals surface area (Å²) in [6.07, 6.45) is 0. The van der Waals surface area contributed by atoms with Gasteiger partial charge in [-0.25, -0.2) is 4.98 Å². The van der Waals surface area contributed by atoms with Gasteiger partial charge in [0, 0.05) is 37.1 Å². The van der Waals surface area contributed by atoms with Gasteiger partial charge in [-0.1, -0.05) is 20.8 Å². The zero-order valence-electron chi connectivity index (χ0n) is 12.2. The van der Waals surface area contributed by atoms with Gasteiger partial charge in [-0.15, -0.1) is 11.3 Å². The van der Waals surface area contributed by atoms with E-state index in [9.17, 15) is 0 Å². The Labute approximate surface area is 115 Å². The van der Waals surface area contributed by atoms with Crippen molar-refractivity contribution in [2.75, 3.05) is 13.1 Å². The molecule has 1 aliphatic heterocycles. The van der Waals surface area contributed by atoms with Gasteiger partial charge in [0.15, 0.2) is 0 Å². The van der Waals surface area contributed by atoms with Crippen molar-refractivity contribution in [3.63, 3.8) is 0 Å². The maximum Gasteiger partial charge on any atom is 0.0897 e. The first-order valence-electron chi connectivity index (χ1n) is 6.74. The number of nitrogens with one attached hydrogen (secondary N) is 1. The predicted molar refractivity (Wildman–Crippen MR) is 78.0 cm³/mol. The molecule has 0 bridgehead atoms. The average molecular weight is 267 g/mol. The molecule has 0 spiro atoms. The number of hydrogen-bond donors (Lipinski definition) is 1. The van der Waals surface area contributed by atoms with Crippen LogP contribution in [0.5, 0.6) is 0 Å². The first-order chi connectivity index (χ1) is 8.36. The molecular weight excluding hydrogens is 242 g/mol. The molecule has 0 aromatic carbocycles. The molecule has 4 heteroatoms. The minimum atomic E-state index is 0.304. The molecule has 0 aliphatic carbocycles. The Morgan fingerprint density at radius 2 is 2.22 bits per heavy atom. The second-order valence-electron chi connectivity index (χ2n) is 6.48. The third-order valence-electron chi connectivity index (χ3n) is 3.64. The van der Waals surface area contributed by atoms with Gasteiger partial charge in [-0.05, 0) is 19.3 Å². The van der Waals surface area contributed by atoms with E-state index in [0.717, 1.165) is 19.6 Å². The van der Waals surface area contributed by atoms with Crippen molar-refractivity contribution < 1.29 is 0 Å². The summed E-state index contributed by atoms with van der Waals surface area (Å²) in [5, 5.41) is 6.96. The van der Waals surface area contributed by atoms with Gasteiger partial charge in [0.05, 0.1) is 10.7 Å². The molecular formula is C14H25N3S. The topological polar surface area (TPSA) is 28.2 Å². The van der Waals surface area contributed by atoms with Crippen LogP contribution in [0.1, 0.15) is 38.4 Å². The van der Waals surface area contributed by atoms with Gasteiger partial charge in [0.2, 0.25) is 0 Å². The van der Waals surface area contributed by atoms with Crippen LogP contribution < -0.4 is 5.32 Å². The summed E-state index contributed by atoms with van der Waals surface area (Å²) < 4.78 is 0. The van der Waals surface area contributed by atoms with Gasteiger partial charge in [0.25, 0.3) is 0 Å². The Bertz CT molecular complexity index is 394. The van der Waals surface area contributed by atoms with E-state index in [4.69, 9.17) is 0 Å². The first-order valence-corrected chi connectivity index (χ1v) is 7.62. The highest BCUT2D eigenvalue weighted by molar-refractivity contribution is 7.09. The zero-order valence-corrected chi connectivity index (χ0v) is 13.0. The monoisotopic (exact) mass is 267 g/mol. The molecule has 2 rings (SSSR count). The normalized spacial score (nSPS) is 26.5. The predicted octanol–water partition coefficient (Wildman–Crippen LogP) is 2.66. The van der Waals surface area contributed by atoms with Crippen LogP contribution in [0, 0.1) is 12.3 Å². The summed E-state index contributed by atoms with van der Waals surface area (Å²) in [6, 6.07) is 1.15. The first kappa shape index (κ1) is 14.0. The number of hydrogen-bond acceptors (Lipinski definition) is 4. The smallest absolute Gasteiger partial charge is 0.0897 e. The van der Waals surface area contributed by atoms with Gasteiger partial charge in [-0.2, -0.15) is 0 Å².